The van der Waals surface area contributed by atoms with Crippen molar-refractivity contribution in [1.29, 1.82) is 0 Å². The Bertz CT molecular complexity index is 729. The topological polar surface area (TPSA) is 41.6 Å². The maximum Gasteiger partial charge on any atom is 0.226 e. The molecule has 0 bridgehead atoms. The first-order chi connectivity index (χ1) is 10.6. The lowest BCUT2D eigenvalue weighted by molar-refractivity contribution is 0.615. The van der Waals surface area contributed by atoms with Crippen molar-refractivity contribution in [3.63, 3.8) is 0 Å². The molecule has 1 aromatic carbocycles. The van der Waals surface area contributed by atoms with Crippen LogP contribution in [0.1, 0.15) is 0 Å². The van der Waals surface area contributed by atoms with Crippen molar-refractivity contribution in [2.24, 2.45) is 7.05 Å². The molecule has 0 spiro atoms. The second-order valence-electron chi connectivity index (χ2n) is 5.06. The third kappa shape index (κ3) is 2.46. The second-order valence-corrected chi connectivity index (χ2v) is 5.43. The van der Waals surface area contributed by atoms with E-state index in [4.69, 9.17) is 18.2 Å². The molecule has 0 N–H and O–H groups in total. The van der Waals surface area contributed by atoms with E-state index in [1.54, 1.807) is 6.33 Å². The van der Waals surface area contributed by atoms with Gasteiger partial charge < -0.3 is 14.4 Å². The van der Waals surface area contributed by atoms with E-state index in [9.17, 15) is 4.39 Å². The molecule has 1 aliphatic heterocycles. The molecule has 1 aliphatic rings. The summed E-state index contributed by atoms with van der Waals surface area (Å²) in [5.74, 6) is 0.301. The van der Waals surface area contributed by atoms with Gasteiger partial charge >= 0.3 is 0 Å². The molecule has 0 saturated carbocycles. The molecule has 2 heterocycles. The Balaban J connectivity index is 1.82. The van der Waals surface area contributed by atoms with Gasteiger partial charge in [0.15, 0.2) is 0 Å². The minimum absolute atomic E-state index is 0.0145. The summed E-state index contributed by atoms with van der Waals surface area (Å²) in [4.78, 5) is 7.50. The smallest absolute Gasteiger partial charge is 0.226 e. The Hall–Kier alpha value is -2.33. The lowest BCUT2D eigenvalue weighted by Gasteiger charge is -2.37. The lowest BCUT2D eigenvalue weighted by atomic mass is 10.2. The summed E-state index contributed by atoms with van der Waals surface area (Å²) in [5.41, 5.74) is 0.854. The molecule has 2 aromatic rings. The van der Waals surface area contributed by atoms with E-state index in [1.165, 1.54) is 12.1 Å². The molecule has 3 rings (SSSR count). The normalized spacial score (nSPS) is 15.0. The van der Waals surface area contributed by atoms with Crippen LogP contribution in [0.3, 0.4) is 0 Å². The molecule has 0 atom stereocenters. The molecule has 0 unspecified atom stereocenters. The van der Waals surface area contributed by atoms with Gasteiger partial charge in [-0.15, -0.1) is 10.2 Å². The minimum atomic E-state index is -0.500. The summed E-state index contributed by atoms with van der Waals surface area (Å²) >= 11 is 6.07. The Morgan fingerprint density at radius 3 is 2.50 bits per heavy atom. The van der Waals surface area contributed by atoms with Gasteiger partial charge in [0.1, 0.15) is 12.1 Å². The highest BCUT2D eigenvalue weighted by Gasteiger charge is 2.24. The number of hydrogen-bond donors (Lipinski definition) is 0. The zero-order valence-corrected chi connectivity index (χ0v) is 12.8. The summed E-state index contributed by atoms with van der Waals surface area (Å²) in [6.45, 7) is 9.92. The van der Waals surface area contributed by atoms with E-state index in [1.807, 2.05) is 16.5 Å². The van der Waals surface area contributed by atoms with Crippen LogP contribution < -0.4 is 9.80 Å². The number of benzene rings is 1. The van der Waals surface area contributed by atoms with Crippen molar-refractivity contribution in [2.75, 3.05) is 36.0 Å². The summed E-state index contributed by atoms with van der Waals surface area (Å²) in [5, 5.41) is 7.98. The van der Waals surface area contributed by atoms with Crippen LogP contribution in [-0.2, 0) is 7.05 Å². The zero-order chi connectivity index (χ0) is 15.7. The average molecular weight is 321 g/mol. The quantitative estimate of drug-likeness (QED) is 0.797. The SMILES string of the molecule is [C-]#[N+]c1ccc(F)c(Cl)c1N1CCN(c2nncn2C)CC1. The van der Waals surface area contributed by atoms with E-state index in [-0.39, 0.29) is 5.02 Å². The van der Waals surface area contributed by atoms with Crippen molar-refractivity contribution < 1.29 is 4.39 Å². The van der Waals surface area contributed by atoms with Gasteiger partial charge in [0, 0.05) is 33.2 Å². The minimum Gasteiger partial charge on any atom is -0.375 e. The predicted molar refractivity (Wildman–Crippen MR) is 83.1 cm³/mol. The first-order valence-corrected chi connectivity index (χ1v) is 7.19. The van der Waals surface area contributed by atoms with Gasteiger partial charge in [0.2, 0.25) is 11.6 Å². The van der Waals surface area contributed by atoms with Crippen molar-refractivity contribution in [1.82, 2.24) is 14.8 Å². The highest BCUT2D eigenvalue weighted by Crippen LogP contribution is 2.38. The lowest BCUT2D eigenvalue weighted by Crippen LogP contribution is -2.47. The van der Waals surface area contributed by atoms with Crippen LogP contribution in [0.25, 0.3) is 4.85 Å². The van der Waals surface area contributed by atoms with Crippen LogP contribution >= 0.6 is 11.6 Å². The van der Waals surface area contributed by atoms with Crippen molar-refractivity contribution in [3.8, 4) is 0 Å². The van der Waals surface area contributed by atoms with E-state index in [0.29, 0.717) is 37.6 Å². The molecular formula is C14H14ClFN6. The molecule has 22 heavy (non-hydrogen) atoms. The predicted octanol–water partition coefficient (Wildman–Crippen LogP) is 2.48. The van der Waals surface area contributed by atoms with Crippen LogP contribution in [0.2, 0.25) is 5.02 Å². The molecule has 1 fully saturated rings. The number of aromatic nitrogens is 3. The van der Waals surface area contributed by atoms with E-state index in [2.05, 4.69) is 19.9 Å². The number of halogens is 2. The number of aryl methyl sites for hydroxylation is 1. The second kappa shape index (κ2) is 5.81. The van der Waals surface area contributed by atoms with Crippen molar-refractivity contribution >= 4 is 28.9 Å². The van der Waals surface area contributed by atoms with E-state index >= 15 is 0 Å². The first-order valence-electron chi connectivity index (χ1n) is 6.81. The van der Waals surface area contributed by atoms with Gasteiger partial charge in [-0.2, -0.15) is 0 Å². The van der Waals surface area contributed by atoms with Crippen molar-refractivity contribution in [3.05, 3.63) is 40.7 Å². The highest BCUT2D eigenvalue weighted by atomic mass is 35.5. The Labute approximate surface area is 132 Å². The molecular weight excluding hydrogens is 307 g/mol. The Morgan fingerprint density at radius 1 is 1.23 bits per heavy atom. The van der Waals surface area contributed by atoms with Crippen LogP contribution in [0.4, 0.5) is 21.7 Å². The van der Waals surface area contributed by atoms with E-state index < -0.39 is 5.82 Å². The van der Waals surface area contributed by atoms with Gasteiger partial charge in [-0.1, -0.05) is 17.7 Å². The molecule has 1 aromatic heterocycles. The summed E-state index contributed by atoms with van der Waals surface area (Å²) in [6.07, 6.45) is 1.65. The van der Waals surface area contributed by atoms with Crippen LogP contribution in [-0.4, -0.2) is 40.9 Å². The molecule has 0 aliphatic carbocycles. The number of piperazine rings is 1. The van der Waals surface area contributed by atoms with Gasteiger partial charge in [-0.25, -0.2) is 9.24 Å². The fraction of sp³-hybridized carbons (Fsp3) is 0.357. The van der Waals surface area contributed by atoms with Gasteiger partial charge in [0.25, 0.3) is 0 Å². The van der Waals surface area contributed by atoms with Gasteiger partial charge in [0.05, 0.1) is 17.3 Å². The number of hydrogen-bond acceptors (Lipinski definition) is 4. The Kier molecular flexibility index (Phi) is 3.86. The van der Waals surface area contributed by atoms with Crippen LogP contribution in [0.15, 0.2) is 18.5 Å². The molecule has 8 heteroatoms. The third-order valence-corrected chi connectivity index (χ3v) is 4.09. The van der Waals surface area contributed by atoms with Crippen molar-refractivity contribution in [2.45, 2.75) is 0 Å². The largest absolute Gasteiger partial charge is 0.375 e. The molecule has 0 radical (unpaired) electrons. The Morgan fingerprint density at radius 2 is 1.91 bits per heavy atom. The van der Waals surface area contributed by atoms with Gasteiger partial charge in [-0.3, -0.25) is 0 Å². The highest BCUT2D eigenvalue weighted by molar-refractivity contribution is 6.34. The average Bonchev–Trinajstić information content (AvgIpc) is 2.96. The van der Waals surface area contributed by atoms with E-state index in [0.717, 1.165) is 5.95 Å². The fourth-order valence-corrected chi connectivity index (χ4v) is 2.89. The maximum absolute atomic E-state index is 13.7. The number of rotatable bonds is 2. The standard InChI is InChI=1S/C14H14ClFN6/c1-17-11-4-3-10(16)12(15)13(11)21-5-7-22(8-6-21)14-19-18-9-20(14)2/h3-4,9H,5-8H2,2H3. The first kappa shape index (κ1) is 14.6. The summed E-state index contributed by atoms with van der Waals surface area (Å²) < 4.78 is 15.6. The molecule has 6 nitrogen and oxygen atoms in total. The molecule has 1 saturated heterocycles. The maximum atomic E-state index is 13.7. The summed E-state index contributed by atoms with van der Waals surface area (Å²) in [6, 6.07) is 2.70. The van der Waals surface area contributed by atoms with Crippen LogP contribution in [0.5, 0.6) is 0 Å². The molecule has 114 valence electrons. The van der Waals surface area contributed by atoms with Crippen LogP contribution in [0, 0.1) is 12.4 Å². The number of anilines is 2. The molecule has 0 amide bonds. The summed E-state index contributed by atoms with van der Waals surface area (Å²) in [7, 11) is 1.89. The van der Waals surface area contributed by atoms with Gasteiger partial charge in [-0.05, 0) is 6.07 Å². The monoisotopic (exact) mass is 320 g/mol. The fourth-order valence-electron chi connectivity index (χ4n) is 2.61. The third-order valence-electron chi connectivity index (χ3n) is 3.73. The zero-order valence-electron chi connectivity index (χ0n) is 12.0. The number of nitrogens with zero attached hydrogens (tertiary/aromatic N) is 6.